The van der Waals surface area contributed by atoms with Gasteiger partial charge >= 0.3 is 0 Å². The Morgan fingerprint density at radius 1 is 1.20 bits per heavy atom. The fourth-order valence-electron chi connectivity index (χ4n) is 2.47. The monoisotopic (exact) mass is 335 g/mol. The Morgan fingerprint density at radius 3 is 2.65 bits per heavy atom. The van der Waals surface area contributed by atoms with Gasteiger partial charge in [-0.3, -0.25) is 0 Å². The van der Waals surface area contributed by atoms with Crippen LogP contribution < -0.4 is 5.32 Å². The van der Waals surface area contributed by atoms with E-state index in [4.69, 9.17) is 0 Å². The summed E-state index contributed by atoms with van der Waals surface area (Å²) in [5, 5.41) is 3.49. The number of likely N-dealkylation sites (N-methyl/N-ethyl adjacent to an activating group) is 1. The van der Waals surface area contributed by atoms with Crippen LogP contribution in [0.2, 0.25) is 0 Å². The van der Waals surface area contributed by atoms with Crippen molar-refractivity contribution in [3.8, 4) is 0 Å². The third-order valence-electron chi connectivity index (χ3n) is 3.39. The summed E-state index contributed by atoms with van der Waals surface area (Å²) in [4.78, 5) is 0. The standard InChI is InChI=1S/C17H19BrFN/c1-3-20-17(11-13-5-4-6-14(18)10-13)16-8-7-15(19)9-12(16)2/h4-10,17,20H,3,11H2,1-2H3. The van der Waals surface area contributed by atoms with Crippen LogP contribution in [0.15, 0.2) is 46.9 Å². The molecule has 0 saturated carbocycles. The second kappa shape index (κ2) is 7.00. The lowest BCUT2D eigenvalue weighted by atomic mass is 9.95. The fourth-order valence-corrected chi connectivity index (χ4v) is 2.91. The van der Waals surface area contributed by atoms with E-state index < -0.39 is 0 Å². The van der Waals surface area contributed by atoms with Crippen molar-refractivity contribution < 1.29 is 4.39 Å². The summed E-state index contributed by atoms with van der Waals surface area (Å²) in [6.07, 6.45) is 0.889. The number of aryl methyl sites for hydroxylation is 1. The largest absolute Gasteiger partial charge is 0.310 e. The van der Waals surface area contributed by atoms with Crippen LogP contribution in [0.5, 0.6) is 0 Å². The average molecular weight is 336 g/mol. The van der Waals surface area contributed by atoms with Gasteiger partial charge < -0.3 is 5.32 Å². The molecular formula is C17H19BrFN. The van der Waals surface area contributed by atoms with Crippen LogP contribution in [0.4, 0.5) is 4.39 Å². The zero-order valence-electron chi connectivity index (χ0n) is 11.8. The summed E-state index contributed by atoms with van der Waals surface area (Å²) in [5.74, 6) is -0.177. The van der Waals surface area contributed by atoms with Gasteiger partial charge in [0.15, 0.2) is 0 Å². The number of benzene rings is 2. The molecule has 0 amide bonds. The fraction of sp³-hybridized carbons (Fsp3) is 0.294. The minimum atomic E-state index is -0.177. The van der Waals surface area contributed by atoms with Crippen molar-refractivity contribution in [2.24, 2.45) is 0 Å². The van der Waals surface area contributed by atoms with Gasteiger partial charge in [0.25, 0.3) is 0 Å². The Hall–Kier alpha value is -1.19. The zero-order chi connectivity index (χ0) is 14.5. The van der Waals surface area contributed by atoms with Gasteiger partial charge in [-0.1, -0.05) is 41.1 Å². The summed E-state index contributed by atoms with van der Waals surface area (Å²) in [6, 6.07) is 13.5. The molecule has 0 spiro atoms. The lowest BCUT2D eigenvalue weighted by Crippen LogP contribution is -2.23. The van der Waals surface area contributed by atoms with E-state index in [1.807, 2.05) is 25.1 Å². The van der Waals surface area contributed by atoms with Crippen LogP contribution in [-0.4, -0.2) is 6.54 Å². The maximum Gasteiger partial charge on any atom is 0.123 e. The summed E-state index contributed by atoms with van der Waals surface area (Å²) < 4.78 is 14.3. The van der Waals surface area contributed by atoms with Crippen molar-refractivity contribution >= 4 is 15.9 Å². The van der Waals surface area contributed by atoms with E-state index in [-0.39, 0.29) is 11.9 Å². The summed E-state index contributed by atoms with van der Waals surface area (Å²) >= 11 is 3.50. The van der Waals surface area contributed by atoms with Crippen LogP contribution in [0.3, 0.4) is 0 Å². The molecule has 0 saturated heterocycles. The summed E-state index contributed by atoms with van der Waals surface area (Å²) in [7, 11) is 0. The van der Waals surface area contributed by atoms with E-state index in [9.17, 15) is 4.39 Å². The van der Waals surface area contributed by atoms with Gasteiger partial charge in [-0.05, 0) is 60.8 Å². The Morgan fingerprint density at radius 2 is 2.00 bits per heavy atom. The molecule has 1 nitrogen and oxygen atoms in total. The first-order valence-electron chi connectivity index (χ1n) is 6.84. The van der Waals surface area contributed by atoms with E-state index >= 15 is 0 Å². The quantitative estimate of drug-likeness (QED) is 0.828. The Kier molecular flexibility index (Phi) is 5.32. The molecule has 0 heterocycles. The molecular weight excluding hydrogens is 317 g/mol. The molecule has 106 valence electrons. The van der Waals surface area contributed by atoms with Gasteiger partial charge in [0.2, 0.25) is 0 Å². The Balaban J connectivity index is 2.26. The second-order valence-electron chi connectivity index (χ2n) is 4.95. The van der Waals surface area contributed by atoms with Crippen LogP contribution in [-0.2, 0) is 6.42 Å². The summed E-state index contributed by atoms with van der Waals surface area (Å²) in [5.41, 5.74) is 3.41. The first-order valence-corrected chi connectivity index (χ1v) is 7.63. The minimum Gasteiger partial charge on any atom is -0.310 e. The van der Waals surface area contributed by atoms with Gasteiger partial charge in [0.05, 0.1) is 0 Å². The first-order chi connectivity index (χ1) is 9.60. The molecule has 1 atom stereocenters. The molecule has 0 aromatic heterocycles. The van der Waals surface area contributed by atoms with Gasteiger partial charge in [-0.2, -0.15) is 0 Å². The normalized spacial score (nSPS) is 12.4. The highest BCUT2D eigenvalue weighted by atomic mass is 79.9. The maximum absolute atomic E-state index is 13.2. The molecule has 3 heteroatoms. The predicted octanol–water partition coefficient (Wildman–Crippen LogP) is 4.79. The Labute approximate surface area is 128 Å². The van der Waals surface area contributed by atoms with Crippen molar-refractivity contribution in [1.82, 2.24) is 5.32 Å². The van der Waals surface area contributed by atoms with E-state index in [1.165, 1.54) is 11.6 Å². The molecule has 0 aliphatic rings. The van der Waals surface area contributed by atoms with Crippen molar-refractivity contribution in [3.05, 3.63) is 69.4 Å². The van der Waals surface area contributed by atoms with Crippen LogP contribution in [0, 0.1) is 12.7 Å². The zero-order valence-corrected chi connectivity index (χ0v) is 13.4. The molecule has 0 bridgehead atoms. The lowest BCUT2D eigenvalue weighted by Gasteiger charge is -2.20. The van der Waals surface area contributed by atoms with Crippen molar-refractivity contribution in [2.75, 3.05) is 6.54 Å². The summed E-state index contributed by atoms with van der Waals surface area (Å²) in [6.45, 7) is 4.94. The molecule has 1 unspecified atom stereocenters. The van der Waals surface area contributed by atoms with E-state index in [0.29, 0.717) is 0 Å². The minimum absolute atomic E-state index is 0.177. The van der Waals surface area contributed by atoms with Gasteiger partial charge in [-0.15, -0.1) is 0 Å². The van der Waals surface area contributed by atoms with Crippen molar-refractivity contribution in [1.29, 1.82) is 0 Å². The van der Waals surface area contributed by atoms with Crippen LogP contribution in [0.1, 0.15) is 29.7 Å². The third-order valence-corrected chi connectivity index (χ3v) is 3.88. The number of rotatable bonds is 5. The SMILES string of the molecule is CCNC(Cc1cccc(Br)c1)c1ccc(F)cc1C. The second-order valence-corrected chi connectivity index (χ2v) is 5.86. The number of halogens is 2. The van der Waals surface area contributed by atoms with Crippen molar-refractivity contribution in [3.63, 3.8) is 0 Å². The Bertz CT molecular complexity index is 583. The van der Waals surface area contributed by atoms with E-state index in [0.717, 1.165) is 28.6 Å². The molecule has 2 rings (SSSR count). The van der Waals surface area contributed by atoms with Crippen LogP contribution in [0.25, 0.3) is 0 Å². The molecule has 0 fully saturated rings. The predicted molar refractivity (Wildman–Crippen MR) is 85.4 cm³/mol. The van der Waals surface area contributed by atoms with Gasteiger partial charge in [0, 0.05) is 10.5 Å². The molecule has 0 aliphatic carbocycles. The van der Waals surface area contributed by atoms with Crippen LogP contribution >= 0.6 is 15.9 Å². The highest BCUT2D eigenvalue weighted by Gasteiger charge is 2.14. The molecule has 20 heavy (non-hydrogen) atoms. The number of nitrogens with one attached hydrogen (secondary N) is 1. The first kappa shape index (κ1) is 15.2. The number of hydrogen-bond donors (Lipinski definition) is 1. The van der Waals surface area contributed by atoms with E-state index in [1.54, 1.807) is 6.07 Å². The van der Waals surface area contributed by atoms with Gasteiger partial charge in [-0.25, -0.2) is 4.39 Å². The molecule has 0 radical (unpaired) electrons. The maximum atomic E-state index is 13.2. The smallest absolute Gasteiger partial charge is 0.123 e. The topological polar surface area (TPSA) is 12.0 Å². The molecule has 2 aromatic carbocycles. The van der Waals surface area contributed by atoms with Crippen molar-refractivity contribution in [2.45, 2.75) is 26.3 Å². The molecule has 0 aliphatic heterocycles. The molecule has 1 N–H and O–H groups in total. The highest BCUT2D eigenvalue weighted by Crippen LogP contribution is 2.24. The average Bonchev–Trinajstić information content (AvgIpc) is 2.38. The van der Waals surface area contributed by atoms with E-state index in [2.05, 4.69) is 40.3 Å². The van der Waals surface area contributed by atoms with Gasteiger partial charge in [0.1, 0.15) is 5.82 Å². The lowest BCUT2D eigenvalue weighted by molar-refractivity contribution is 0.544. The third kappa shape index (κ3) is 3.90. The molecule has 2 aromatic rings. The number of hydrogen-bond acceptors (Lipinski definition) is 1. The highest BCUT2D eigenvalue weighted by molar-refractivity contribution is 9.10.